The lowest BCUT2D eigenvalue weighted by Gasteiger charge is -2.18. The van der Waals surface area contributed by atoms with Crippen molar-refractivity contribution < 1.29 is 19.0 Å². The highest BCUT2D eigenvalue weighted by molar-refractivity contribution is 5.79. The number of hydrogen-bond acceptors (Lipinski definition) is 5. The molecule has 1 amide bonds. The maximum Gasteiger partial charge on any atom is 0.227 e. The highest BCUT2D eigenvalue weighted by Crippen LogP contribution is 2.13. The molecule has 0 aromatic carbocycles. The van der Waals surface area contributed by atoms with E-state index in [1.54, 1.807) is 7.11 Å². The zero-order valence-corrected chi connectivity index (χ0v) is 11.9. The summed E-state index contributed by atoms with van der Waals surface area (Å²) in [7, 11) is 1.63. The van der Waals surface area contributed by atoms with Crippen molar-refractivity contribution in [3.05, 3.63) is 0 Å². The topological polar surface area (TPSA) is 68.8 Å². The molecule has 2 unspecified atom stereocenters. The molecule has 6 nitrogen and oxygen atoms in total. The van der Waals surface area contributed by atoms with Gasteiger partial charge in [-0.05, 0) is 13.0 Å². The maximum absolute atomic E-state index is 12.0. The van der Waals surface area contributed by atoms with Crippen molar-refractivity contribution in [2.24, 2.45) is 5.92 Å². The number of carbonyl (C=O) groups excluding carboxylic acids is 1. The van der Waals surface area contributed by atoms with Crippen LogP contribution in [0.5, 0.6) is 0 Å². The average molecular weight is 274 g/mol. The molecule has 112 valence electrons. The molecule has 0 aliphatic carbocycles. The molecule has 1 aliphatic rings. The van der Waals surface area contributed by atoms with Crippen LogP contribution in [0.15, 0.2) is 0 Å². The van der Waals surface area contributed by atoms with Gasteiger partial charge in [0.1, 0.15) is 0 Å². The van der Waals surface area contributed by atoms with Crippen LogP contribution in [-0.2, 0) is 19.0 Å². The largest absolute Gasteiger partial charge is 0.382 e. The van der Waals surface area contributed by atoms with Crippen LogP contribution < -0.4 is 10.6 Å². The van der Waals surface area contributed by atoms with E-state index in [9.17, 15) is 4.79 Å². The Bertz CT molecular complexity index is 251. The summed E-state index contributed by atoms with van der Waals surface area (Å²) in [5.41, 5.74) is 0. The lowest BCUT2D eigenvalue weighted by molar-refractivity contribution is -0.125. The second-order valence-corrected chi connectivity index (χ2v) is 4.60. The molecule has 0 aromatic rings. The molecule has 2 N–H and O–H groups in total. The quantitative estimate of drug-likeness (QED) is 0.539. The maximum atomic E-state index is 12.0. The summed E-state index contributed by atoms with van der Waals surface area (Å²) in [6.45, 7) is 6.30. The Morgan fingerprint density at radius 1 is 1.26 bits per heavy atom. The summed E-state index contributed by atoms with van der Waals surface area (Å²) < 4.78 is 15.5. The minimum absolute atomic E-state index is 0.0430. The fraction of sp³-hybridized carbons (Fsp3) is 0.923. The molecule has 0 aromatic heterocycles. The molecule has 1 aliphatic heterocycles. The average Bonchev–Trinajstić information content (AvgIpc) is 2.88. The summed E-state index contributed by atoms with van der Waals surface area (Å²) in [5, 5.41) is 6.23. The molecule has 0 spiro atoms. The van der Waals surface area contributed by atoms with E-state index in [1.807, 2.05) is 0 Å². The van der Waals surface area contributed by atoms with E-state index in [2.05, 4.69) is 17.6 Å². The summed E-state index contributed by atoms with van der Waals surface area (Å²) in [6, 6.07) is 0.134. The minimum Gasteiger partial charge on any atom is -0.382 e. The Hall–Kier alpha value is -0.690. The van der Waals surface area contributed by atoms with Gasteiger partial charge in [-0.2, -0.15) is 0 Å². The first-order valence-electron chi connectivity index (χ1n) is 6.95. The molecule has 0 saturated carbocycles. The zero-order valence-electron chi connectivity index (χ0n) is 11.9. The number of nitrogens with one attached hydrogen (secondary N) is 2. The highest BCUT2D eigenvalue weighted by Gasteiger charge is 2.33. The van der Waals surface area contributed by atoms with Crippen molar-refractivity contribution in [1.29, 1.82) is 0 Å². The molecule has 1 fully saturated rings. The Balaban J connectivity index is 2.13. The molecule has 1 rings (SSSR count). The molecule has 0 bridgehead atoms. The molecule has 1 heterocycles. The molecule has 0 radical (unpaired) electrons. The van der Waals surface area contributed by atoms with Crippen LogP contribution in [-0.4, -0.2) is 65.2 Å². The van der Waals surface area contributed by atoms with Crippen LogP contribution in [0.1, 0.15) is 13.3 Å². The van der Waals surface area contributed by atoms with Gasteiger partial charge in [-0.25, -0.2) is 0 Å². The van der Waals surface area contributed by atoms with Gasteiger partial charge >= 0.3 is 0 Å². The lowest BCUT2D eigenvalue weighted by atomic mass is 10.0. The van der Waals surface area contributed by atoms with Gasteiger partial charge in [0.25, 0.3) is 0 Å². The summed E-state index contributed by atoms with van der Waals surface area (Å²) >= 11 is 0. The monoisotopic (exact) mass is 274 g/mol. The first-order valence-corrected chi connectivity index (χ1v) is 6.95. The second kappa shape index (κ2) is 10.1. The predicted molar refractivity (Wildman–Crippen MR) is 72.1 cm³/mol. The number of methoxy groups -OCH3 is 1. The van der Waals surface area contributed by atoms with Crippen LogP contribution in [0.2, 0.25) is 0 Å². The van der Waals surface area contributed by atoms with E-state index in [-0.39, 0.29) is 17.9 Å². The van der Waals surface area contributed by atoms with Gasteiger partial charge in [-0.3, -0.25) is 4.79 Å². The lowest BCUT2D eigenvalue weighted by Crippen LogP contribution is -2.44. The first-order chi connectivity index (χ1) is 9.29. The van der Waals surface area contributed by atoms with Gasteiger partial charge in [0.15, 0.2) is 0 Å². The Labute approximate surface area is 115 Å². The molecular weight excluding hydrogens is 248 g/mol. The van der Waals surface area contributed by atoms with E-state index < -0.39 is 0 Å². The van der Waals surface area contributed by atoms with Crippen molar-refractivity contribution in [3.8, 4) is 0 Å². The SMILES string of the molecule is CCCNC1COCC1C(=O)NCCOCCOC. The van der Waals surface area contributed by atoms with Crippen LogP contribution >= 0.6 is 0 Å². The van der Waals surface area contributed by atoms with Crippen molar-refractivity contribution in [3.63, 3.8) is 0 Å². The number of carbonyl (C=O) groups is 1. The number of hydrogen-bond donors (Lipinski definition) is 2. The van der Waals surface area contributed by atoms with E-state index in [4.69, 9.17) is 14.2 Å². The van der Waals surface area contributed by atoms with E-state index >= 15 is 0 Å². The van der Waals surface area contributed by atoms with E-state index in [0.717, 1.165) is 13.0 Å². The number of ether oxygens (including phenoxy) is 3. The highest BCUT2D eigenvalue weighted by atomic mass is 16.5. The van der Waals surface area contributed by atoms with Crippen molar-refractivity contribution in [1.82, 2.24) is 10.6 Å². The van der Waals surface area contributed by atoms with Gasteiger partial charge in [-0.15, -0.1) is 0 Å². The smallest absolute Gasteiger partial charge is 0.227 e. The van der Waals surface area contributed by atoms with Gasteiger partial charge in [0.05, 0.1) is 39.0 Å². The van der Waals surface area contributed by atoms with Crippen molar-refractivity contribution in [2.45, 2.75) is 19.4 Å². The van der Waals surface area contributed by atoms with Gasteiger partial charge in [0, 0.05) is 19.7 Å². The molecule has 2 atom stereocenters. The van der Waals surface area contributed by atoms with Gasteiger partial charge in [-0.1, -0.05) is 6.92 Å². The number of amides is 1. The third kappa shape index (κ3) is 6.33. The van der Waals surface area contributed by atoms with E-state index in [1.165, 1.54) is 0 Å². The standard InChI is InChI=1S/C13H26N2O4/c1-3-4-14-12-10-19-9-11(12)13(16)15-5-6-18-8-7-17-2/h11-12,14H,3-10H2,1-2H3,(H,15,16). The summed E-state index contributed by atoms with van der Waals surface area (Å²) in [5.74, 6) is -0.0491. The van der Waals surface area contributed by atoms with Crippen molar-refractivity contribution in [2.75, 3.05) is 53.2 Å². The van der Waals surface area contributed by atoms with Crippen LogP contribution in [0.4, 0.5) is 0 Å². The van der Waals surface area contributed by atoms with Gasteiger partial charge < -0.3 is 24.8 Å². The summed E-state index contributed by atoms with van der Waals surface area (Å²) in [6.07, 6.45) is 1.05. The van der Waals surface area contributed by atoms with Gasteiger partial charge in [0.2, 0.25) is 5.91 Å². The minimum atomic E-state index is -0.0921. The fourth-order valence-corrected chi connectivity index (χ4v) is 1.97. The molecular formula is C13H26N2O4. The molecule has 19 heavy (non-hydrogen) atoms. The van der Waals surface area contributed by atoms with Crippen LogP contribution in [0.3, 0.4) is 0 Å². The number of rotatable bonds is 10. The third-order valence-electron chi connectivity index (χ3n) is 3.05. The second-order valence-electron chi connectivity index (χ2n) is 4.60. The fourth-order valence-electron chi connectivity index (χ4n) is 1.97. The van der Waals surface area contributed by atoms with Crippen LogP contribution in [0.25, 0.3) is 0 Å². The van der Waals surface area contributed by atoms with E-state index in [0.29, 0.717) is 39.6 Å². The Morgan fingerprint density at radius 3 is 2.84 bits per heavy atom. The Kier molecular flexibility index (Phi) is 8.73. The van der Waals surface area contributed by atoms with Crippen LogP contribution in [0, 0.1) is 5.92 Å². The third-order valence-corrected chi connectivity index (χ3v) is 3.05. The first kappa shape index (κ1) is 16.4. The normalized spacial score (nSPS) is 22.6. The Morgan fingerprint density at radius 2 is 2.11 bits per heavy atom. The van der Waals surface area contributed by atoms with Crippen molar-refractivity contribution >= 4 is 5.91 Å². The summed E-state index contributed by atoms with van der Waals surface area (Å²) in [4.78, 5) is 12.0. The molecule has 6 heteroatoms. The predicted octanol–water partition coefficient (Wildman–Crippen LogP) is -0.220. The molecule has 1 saturated heterocycles. The zero-order chi connectivity index (χ0) is 13.9.